The summed E-state index contributed by atoms with van der Waals surface area (Å²) in [5.74, 6) is -0.209. The van der Waals surface area contributed by atoms with E-state index in [4.69, 9.17) is 0 Å². The van der Waals surface area contributed by atoms with Crippen LogP contribution in [0.5, 0.6) is 0 Å². The van der Waals surface area contributed by atoms with Crippen molar-refractivity contribution in [3.8, 4) is 0 Å². The van der Waals surface area contributed by atoms with Crippen LogP contribution in [-0.4, -0.2) is 28.9 Å². The minimum absolute atomic E-state index is 0.0285. The van der Waals surface area contributed by atoms with Crippen LogP contribution in [0.15, 0.2) is 28.1 Å². The Morgan fingerprint density at radius 3 is 2.88 bits per heavy atom. The monoisotopic (exact) mass is 425 g/mol. The van der Waals surface area contributed by atoms with Crippen molar-refractivity contribution in [1.29, 1.82) is 0 Å². The first kappa shape index (κ1) is 18.5. The van der Waals surface area contributed by atoms with E-state index < -0.39 is 0 Å². The van der Waals surface area contributed by atoms with E-state index >= 15 is 0 Å². The zero-order valence-electron chi connectivity index (χ0n) is 14.1. The Balaban J connectivity index is 1.46. The Kier molecular flexibility index (Phi) is 6.19. The second kappa shape index (κ2) is 8.38. The molecule has 0 spiro atoms. The second-order valence-corrected chi connectivity index (χ2v) is 8.28. The van der Waals surface area contributed by atoms with Crippen molar-refractivity contribution in [2.24, 2.45) is 5.92 Å². The van der Waals surface area contributed by atoms with E-state index in [2.05, 4.69) is 36.5 Å². The molecule has 1 aliphatic rings. The zero-order valence-corrected chi connectivity index (χ0v) is 16.5. The van der Waals surface area contributed by atoms with E-state index in [0.717, 1.165) is 53.2 Å². The summed E-state index contributed by atoms with van der Waals surface area (Å²) in [6.07, 6.45) is 1.69. The molecule has 4 nitrogen and oxygen atoms in total. The summed E-state index contributed by atoms with van der Waals surface area (Å²) < 4.78 is 14.1. The first-order valence-electron chi connectivity index (χ1n) is 8.36. The van der Waals surface area contributed by atoms with Gasteiger partial charge in [0.25, 0.3) is 0 Å². The number of carbonyl (C=O) groups excluding carboxylic acids is 1. The number of likely N-dealkylation sites (tertiary alicyclic amines) is 1. The molecule has 2 heterocycles. The molecule has 0 saturated carbocycles. The lowest BCUT2D eigenvalue weighted by Crippen LogP contribution is -2.40. The molecule has 0 unspecified atom stereocenters. The summed E-state index contributed by atoms with van der Waals surface area (Å²) in [6.45, 7) is 5.02. The summed E-state index contributed by atoms with van der Waals surface area (Å²) >= 11 is 5.06. The molecular formula is C18H21BrFN3OS. The minimum Gasteiger partial charge on any atom is -0.352 e. The number of hydrogen-bond donors (Lipinski definition) is 1. The summed E-state index contributed by atoms with van der Waals surface area (Å²) in [4.78, 5) is 19.2. The highest BCUT2D eigenvalue weighted by Gasteiger charge is 2.25. The topological polar surface area (TPSA) is 45.2 Å². The molecule has 1 fully saturated rings. The number of carbonyl (C=O) groups is 1. The number of nitrogens with one attached hydrogen (secondary N) is 1. The number of amides is 1. The highest BCUT2D eigenvalue weighted by Crippen LogP contribution is 2.21. The second-order valence-electron chi connectivity index (χ2n) is 6.36. The normalized spacial score (nSPS) is 16.1. The van der Waals surface area contributed by atoms with Gasteiger partial charge in [-0.15, -0.1) is 11.3 Å². The van der Waals surface area contributed by atoms with Crippen LogP contribution in [0.25, 0.3) is 0 Å². The maximum Gasteiger partial charge on any atom is 0.223 e. The van der Waals surface area contributed by atoms with Gasteiger partial charge in [-0.2, -0.15) is 0 Å². The van der Waals surface area contributed by atoms with Crippen LogP contribution in [0.3, 0.4) is 0 Å². The van der Waals surface area contributed by atoms with Gasteiger partial charge in [0.2, 0.25) is 5.91 Å². The third-order valence-electron chi connectivity index (χ3n) is 4.47. The van der Waals surface area contributed by atoms with Crippen molar-refractivity contribution in [3.63, 3.8) is 0 Å². The van der Waals surface area contributed by atoms with Crippen molar-refractivity contribution in [3.05, 3.63) is 50.1 Å². The standard InChI is InChI=1S/C18H21BrFN3OS/c1-12-22-16(11-25-12)10-23-6-4-13(5-7-23)18(24)21-9-14-8-15(20)2-3-17(14)19/h2-3,8,11,13H,4-7,9-10H2,1H3,(H,21,24). The van der Waals surface area contributed by atoms with Crippen molar-refractivity contribution in [1.82, 2.24) is 15.2 Å². The lowest BCUT2D eigenvalue weighted by atomic mass is 9.95. The number of halogens is 2. The van der Waals surface area contributed by atoms with E-state index in [1.165, 1.54) is 12.1 Å². The van der Waals surface area contributed by atoms with Gasteiger partial charge in [-0.1, -0.05) is 15.9 Å². The molecule has 1 saturated heterocycles. The molecule has 1 aliphatic heterocycles. The van der Waals surface area contributed by atoms with Crippen molar-refractivity contribution < 1.29 is 9.18 Å². The lowest BCUT2D eigenvalue weighted by Gasteiger charge is -2.30. The minimum atomic E-state index is -0.293. The van der Waals surface area contributed by atoms with Crippen LogP contribution in [0.1, 0.15) is 29.1 Å². The fourth-order valence-electron chi connectivity index (χ4n) is 3.07. The Morgan fingerprint density at radius 2 is 2.20 bits per heavy atom. The molecule has 1 aromatic carbocycles. The largest absolute Gasteiger partial charge is 0.352 e. The third kappa shape index (κ3) is 5.09. The Morgan fingerprint density at radius 1 is 1.44 bits per heavy atom. The molecule has 0 aliphatic carbocycles. The third-order valence-corrected chi connectivity index (χ3v) is 6.07. The Labute approximate surface area is 159 Å². The number of aryl methyl sites for hydroxylation is 1. The Bertz CT molecular complexity index is 744. The predicted octanol–water partition coefficient (Wildman–Crippen LogP) is 3.88. The summed E-state index contributed by atoms with van der Waals surface area (Å²) in [7, 11) is 0. The summed E-state index contributed by atoms with van der Waals surface area (Å²) in [5, 5.41) is 6.13. The lowest BCUT2D eigenvalue weighted by molar-refractivity contribution is -0.126. The highest BCUT2D eigenvalue weighted by molar-refractivity contribution is 9.10. The molecule has 3 rings (SSSR count). The fraction of sp³-hybridized carbons (Fsp3) is 0.444. The zero-order chi connectivity index (χ0) is 17.8. The van der Waals surface area contributed by atoms with Gasteiger partial charge in [0.15, 0.2) is 0 Å². The van der Waals surface area contributed by atoms with Gasteiger partial charge in [-0.05, 0) is 56.6 Å². The quantitative estimate of drug-likeness (QED) is 0.790. The van der Waals surface area contributed by atoms with Gasteiger partial charge < -0.3 is 5.32 Å². The first-order chi connectivity index (χ1) is 12.0. The van der Waals surface area contributed by atoms with Crippen LogP contribution < -0.4 is 5.32 Å². The number of aromatic nitrogens is 1. The number of thiazole rings is 1. The van der Waals surface area contributed by atoms with Gasteiger partial charge in [0.1, 0.15) is 5.82 Å². The van der Waals surface area contributed by atoms with Gasteiger partial charge in [-0.25, -0.2) is 9.37 Å². The van der Waals surface area contributed by atoms with Crippen molar-refractivity contribution in [2.45, 2.75) is 32.9 Å². The van der Waals surface area contributed by atoms with E-state index in [0.29, 0.717) is 6.54 Å². The van der Waals surface area contributed by atoms with Crippen LogP contribution in [0.4, 0.5) is 4.39 Å². The molecule has 134 valence electrons. The molecule has 25 heavy (non-hydrogen) atoms. The smallest absolute Gasteiger partial charge is 0.223 e. The predicted molar refractivity (Wildman–Crippen MR) is 101 cm³/mol. The number of piperidine rings is 1. The van der Waals surface area contributed by atoms with Crippen LogP contribution in [0.2, 0.25) is 0 Å². The molecular weight excluding hydrogens is 405 g/mol. The molecule has 0 bridgehead atoms. The van der Waals surface area contributed by atoms with Crippen LogP contribution >= 0.6 is 27.3 Å². The van der Waals surface area contributed by atoms with E-state index in [1.54, 1.807) is 17.4 Å². The summed E-state index contributed by atoms with van der Waals surface area (Å²) in [5.41, 5.74) is 1.87. The first-order valence-corrected chi connectivity index (χ1v) is 10.0. The molecule has 2 aromatic rings. The van der Waals surface area contributed by atoms with Crippen molar-refractivity contribution in [2.75, 3.05) is 13.1 Å². The van der Waals surface area contributed by atoms with E-state index in [-0.39, 0.29) is 17.6 Å². The fourth-order valence-corrected chi connectivity index (χ4v) is 4.06. The van der Waals surface area contributed by atoms with Gasteiger partial charge in [-0.3, -0.25) is 9.69 Å². The molecule has 1 amide bonds. The molecule has 1 aromatic heterocycles. The van der Waals surface area contributed by atoms with Gasteiger partial charge in [0, 0.05) is 28.9 Å². The van der Waals surface area contributed by atoms with Crippen LogP contribution in [-0.2, 0) is 17.9 Å². The van der Waals surface area contributed by atoms with E-state index in [9.17, 15) is 9.18 Å². The SMILES string of the molecule is Cc1nc(CN2CCC(C(=O)NCc3cc(F)ccc3Br)CC2)cs1. The van der Waals surface area contributed by atoms with E-state index in [1.807, 2.05) is 6.92 Å². The summed E-state index contributed by atoms with van der Waals surface area (Å²) in [6, 6.07) is 4.51. The maximum atomic E-state index is 13.3. The average molecular weight is 426 g/mol. The maximum absolute atomic E-state index is 13.3. The van der Waals surface area contributed by atoms with Gasteiger partial charge in [0.05, 0.1) is 10.7 Å². The highest BCUT2D eigenvalue weighted by atomic mass is 79.9. The number of benzene rings is 1. The molecule has 1 N–H and O–H groups in total. The number of hydrogen-bond acceptors (Lipinski definition) is 4. The average Bonchev–Trinajstić information content (AvgIpc) is 3.01. The molecule has 7 heteroatoms. The van der Waals surface area contributed by atoms with Gasteiger partial charge >= 0.3 is 0 Å². The number of rotatable bonds is 5. The van der Waals surface area contributed by atoms with Crippen molar-refractivity contribution >= 4 is 33.2 Å². The van der Waals surface area contributed by atoms with Crippen LogP contribution in [0, 0.1) is 18.7 Å². The molecule has 0 atom stereocenters. The number of nitrogens with zero attached hydrogens (tertiary/aromatic N) is 2. The molecule has 0 radical (unpaired) electrons. The Hall–Kier alpha value is -1.31.